The second kappa shape index (κ2) is 8.31. The minimum atomic E-state index is -0.321. The maximum atomic E-state index is 13.1. The fourth-order valence-electron chi connectivity index (χ4n) is 4.67. The molecule has 3 atom stereocenters. The molecule has 2 aromatic carbocycles. The first kappa shape index (κ1) is 18.9. The number of hydrogen-bond donors (Lipinski definition) is 1. The van der Waals surface area contributed by atoms with E-state index >= 15 is 0 Å². The van der Waals surface area contributed by atoms with Crippen LogP contribution in [-0.2, 0) is 6.54 Å². The van der Waals surface area contributed by atoms with Gasteiger partial charge in [0.05, 0.1) is 7.11 Å². The summed E-state index contributed by atoms with van der Waals surface area (Å²) < 4.78 is 18.3. The highest BCUT2D eigenvalue weighted by atomic mass is 19.1. The van der Waals surface area contributed by atoms with Crippen molar-refractivity contribution in [2.75, 3.05) is 7.11 Å². The lowest BCUT2D eigenvalue weighted by atomic mass is 9.81. The van der Waals surface area contributed by atoms with Crippen molar-refractivity contribution in [2.45, 2.75) is 56.8 Å². The van der Waals surface area contributed by atoms with Crippen LogP contribution in [-0.4, -0.2) is 36.0 Å². The van der Waals surface area contributed by atoms with Gasteiger partial charge in [-0.1, -0.05) is 18.6 Å². The Balaban J connectivity index is 1.39. The Morgan fingerprint density at radius 1 is 1.07 bits per heavy atom. The van der Waals surface area contributed by atoms with Gasteiger partial charge in [0, 0.05) is 30.2 Å². The van der Waals surface area contributed by atoms with Crippen LogP contribution >= 0.6 is 0 Å². The number of benzene rings is 2. The Bertz CT molecular complexity index is 792. The van der Waals surface area contributed by atoms with Gasteiger partial charge in [0.1, 0.15) is 11.6 Å². The SMILES string of the molecule is COc1ccc(CN2[C@@H]3CCC[C@H]2CC(NC(=O)c2ccc(F)cc2)C3)cc1. The van der Waals surface area contributed by atoms with Gasteiger partial charge in [-0.05, 0) is 67.6 Å². The Morgan fingerprint density at radius 2 is 1.71 bits per heavy atom. The molecule has 2 saturated heterocycles. The van der Waals surface area contributed by atoms with Crippen molar-refractivity contribution in [3.8, 4) is 5.75 Å². The molecule has 5 heteroatoms. The summed E-state index contributed by atoms with van der Waals surface area (Å²) in [6.45, 7) is 0.942. The minimum absolute atomic E-state index is 0.105. The minimum Gasteiger partial charge on any atom is -0.497 e. The van der Waals surface area contributed by atoms with Crippen LogP contribution in [0.5, 0.6) is 5.75 Å². The van der Waals surface area contributed by atoms with Gasteiger partial charge < -0.3 is 10.1 Å². The third kappa shape index (κ3) is 4.20. The molecule has 2 aliphatic rings. The monoisotopic (exact) mass is 382 g/mol. The smallest absolute Gasteiger partial charge is 0.251 e. The molecular formula is C23H27FN2O2. The maximum absolute atomic E-state index is 13.1. The number of fused-ring (bicyclic) bond motifs is 2. The zero-order valence-corrected chi connectivity index (χ0v) is 16.2. The number of carbonyl (C=O) groups excluding carboxylic acids is 1. The van der Waals surface area contributed by atoms with E-state index in [1.54, 1.807) is 19.2 Å². The highest BCUT2D eigenvalue weighted by Gasteiger charge is 2.38. The summed E-state index contributed by atoms with van der Waals surface area (Å²) in [5.74, 6) is 0.454. The fourth-order valence-corrected chi connectivity index (χ4v) is 4.67. The molecule has 0 aliphatic carbocycles. The molecule has 2 heterocycles. The summed E-state index contributed by atoms with van der Waals surface area (Å²) in [6.07, 6.45) is 5.55. The van der Waals surface area contributed by atoms with E-state index < -0.39 is 0 Å². The van der Waals surface area contributed by atoms with Crippen LogP contribution in [0.15, 0.2) is 48.5 Å². The third-order valence-electron chi connectivity index (χ3n) is 6.09. The number of halogens is 1. The van der Waals surface area contributed by atoms with Gasteiger partial charge in [-0.2, -0.15) is 0 Å². The lowest BCUT2D eigenvalue weighted by Gasteiger charge is -2.49. The predicted molar refractivity (Wildman–Crippen MR) is 107 cm³/mol. The molecule has 0 saturated carbocycles. The average molecular weight is 382 g/mol. The average Bonchev–Trinajstić information content (AvgIpc) is 2.69. The first-order valence-corrected chi connectivity index (χ1v) is 10.1. The largest absolute Gasteiger partial charge is 0.497 e. The number of nitrogens with one attached hydrogen (secondary N) is 1. The second-order valence-corrected chi connectivity index (χ2v) is 7.91. The van der Waals surface area contributed by atoms with E-state index in [2.05, 4.69) is 22.3 Å². The summed E-state index contributed by atoms with van der Waals surface area (Å²) in [7, 11) is 1.68. The fraction of sp³-hybridized carbons (Fsp3) is 0.435. The summed E-state index contributed by atoms with van der Waals surface area (Å²) in [6, 6.07) is 15.2. The van der Waals surface area contributed by atoms with E-state index in [4.69, 9.17) is 4.74 Å². The second-order valence-electron chi connectivity index (χ2n) is 7.91. The summed E-state index contributed by atoms with van der Waals surface area (Å²) in [4.78, 5) is 15.1. The number of ether oxygens (including phenoxy) is 1. The molecule has 28 heavy (non-hydrogen) atoms. The molecule has 0 spiro atoms. The van der Waals surface area contributed by atoms with E-state index in [9.17, 15) is 9.18 Å². The molecule has 2 aromatic rings. The number of amides is 1. The van der Waals surface area contributed by atoms with Gasteiger partial charge in [-0.15, -0.1) is 0 Å². The zero-order chi connectivity index (χ0) is 19.5. The van der Waals surface area contributed by atoms with Crippen LogP contribution < -0.4 is 10.1 Å². The van der Waals surface area contributed by atoms with E-state index in [0.29, 0.717) is 17.6 Å². The Hall–Kier alpha value is -2.40. The molecule has 1 amide bonds. The molecule has 1 N–H and O–H groups in total. The molecule has 4 rings (SSSR count). The summed E-state index contributed by atoms with van der Waals surface area (Å²) in [5, 5.41) is 3.18. The standard InChI is InChI=1S/C23H27FN2O2/c1-28-22-11-5-16(6-12-22)15-26-20-3-2-4-21(26)14-19(13-20)25-23(27)17-7-9-18(24)10-8-17/h5-12,19-21H,2-4,13-15H2,1H3,(H,25,27)/t19?,20-,21+. The van der Waals surface area contributed by atoms with Crippen LogP contribution in [0.25, 0.3) is 0 Å². The number of nitrogens with zero attached hydrogens (tertiary/aromatic N) is 1. The van der Waals surface area contributed by atoms with Gasteiger partial charge in [-0.25, -0.2) is 4.39 Å². The first-order chi connectivity index (χ1) is 13.6. The number of rotatable bonds is 5. The lowest BCUT2D eigenvalue weighted by Crippen LogP contribution is -2.56. The molecule has 0 radical (unpaired) electrons. The summed E-state index contributed by atoms with van der Waals surface area (Å²) >= 11 is 0. The highest BCUT2D eigenvalue weighted by molar-refractivity contribution is 5.94. The summed E-state index contributed by atoms with van der Waals surface area (Å²) in [5.41, 5.74) is 1.82. The normalized spacial score (nSPS) is 24.6. The molecule has 4 nitrogen and oxygen atoms in total. The predicted octanol–water partition coefficient (Wildman–Crippen LogP) is 4.15. The molecule has 0 aromatic heterocycles. The van der Waals surface area contributed by atoms with Crippen molar-refractivity contribution in [1.29, 1.82) is 0 Å². The first-order valence-electron chi connectivity index (χ1n) is 10.1. The molecular weight excluding hydrogens is 355 g/mol. The number of carbonyl (C=O) groups is 1. The van der Waals surface area contributed by atoms with Gasteiger partial charge in [0.25, 0.3) is 5.91 Å². The van der Waals surface area contributed by atoms with Crippen molar-refractivity contribution in [2.24, 2.45) is 0 Å². The Labute approximate surface area is 165 Å². The Kier molecular flexibility index (Phi) is 5.62. The molecule has 2 fully saturated rings. The zero-order valence-electron chi connectivity index (χ0n) is 16.2. The maximum Gasteiger partial charge on any atom is 0.251 e. The third-order valence-corrected chi connectivity index (χ3v) is 6.09. The van der Waals surface area contributed by atoms with E-state index in [1.807, 2.05) is 12.1 Å². The quantitative estimate of drug-likeness (QED) is 0.845. The number of piperidine rings is 2. The lowest BCUT2D eigenvalue weighted by molar-refractivity contribution is 0.0177. The van der Waals surface area contributed by atoms with Crippen LogP contribution in [0.2, 0.25) is 0 Å². The highest BCUT2D eigenvalue weighted by Crippen LogP contribution is 2.35. The number of methoxy groups -OCH3 is 1. The van der Waals surface area contributed by atoms with E-state index in [0.717, 1.165) is 25.1 Å². The van der Waals surface area contributed by atoms with Crippen molar-refractivity contribution in [3.63, 3.8) is 0 Å². The molecule has 2 aliphatic heterocycles. The topological polar surface area (TPSA) is 41.6 Å². The Morgan fingerprint density at radius 3 is 2.32 bits per heavy atom. The van der Waals surface area contributed by atoms with Gasteiger partial charge in [0.15, 0.2) is 0 Å². The van der Waals surface area contributed by atoms with Crippen molar-refractivity contribution in [1.82, 2.24) is 10.2 Å². The van der Waals surface area contributed by atoms with Crippen LogP contribution in [0.3, 0.4) is 0 Å². The van der Waals surface area contributed by atoms with Crippen LogP contribution in [0.4, 0.5) is 4.39 Å². The van der Waals surface area contributed by atoms with Gasteiger partial charge >= 0.3 is 0 Å². The van der Waals surface area contributed by atoms with E-state index in [1.165, 1.54) is 37.0 Å². The molecule has 1 unspecified atom stereocenters. The van der Waals surface area contributed by atoms with Crippen LogP contribution in [0, 0.1) is 5.82 Å². The van der Waals surface area contributed by atoms with Crippen molar-refractivity contribution < 1.29 is 13.9 Å². The van der Waals surface area contributed by atoms with E-state index in [-0.39, 0.29) is 17.8 Å². The molecule has 2 bridgehead atoms. The van der Waals surface area contributed by atoms with Crippen LogP contribution in [0.1, 0.15) is 48.0 Å². The van der Waals surface area contributed by atoms with Crippen molar-refractivity contribution in [3.05, 3.63) is 65.5 Å². The number of hydrogen-bond acceptors (Lipinski definition) is 3. The van der Waals surface area contributed by atoms with Crippen molar-refractivity contribution >= 4 is 5.91 Å². The molecule has 148 valence electrons. The van der Waals surface area contributed by atoms with Gasteiger partial charge in [0.2, 0.25) is 0 Å². The van der Waals surface area contributed by atoms with Gasteiger partial charge in [-0.3, -0.25) is 9.69 Å².